The number of anilines is 1. The van der Waals surface area contributed by atoms with Crippen LogP contribution < -0.4 is 5.32 Å². The molecule has 0 saturated heterocycles. The quantitative estimate of drug-likeness (QED) is 0.850. The van der Waals surface area contributed by atoms with Crippen LogP contribution in [0.2, 0.25) is 0 Å². The molecule has 1 amide bonds. The molecular formula is C9H7F2N5O. The summed E-state index contributed by atoms with van der Waals surface area (Å²) in [6.07, 6.45) is 1.27. The zero-order valence-electron chi connectivity index (χ0n) is 8.47. The molecule has 0 aliphatic rings. The Bertz CT molecular complexity index is 528. The van der Waals surface area contributed by atoms with Crippen molar-refractivity contribution in [1.29, 1.82) is 0 Å². The third-order valence-electron chi connectivity index (χ3n) is 1.90. The Balaban J connectivity index is 2.00. The summed E-state index contributed by atoms with van der Waals surface area (Å²) in [4.78, 5) is 11.4. The number of aromatic nitrogens is 4. The Kier molecular flexibility index (Phi) is 3.03. The van der Waals surface area contributed by atoms with E-state index in [0.717, 1.165) is 12.1 Å². The Morgan fingerprint density at radius 1 is 1.35 bits per heavy atom. The second-order valence-corrected chi connectivity index (χ2v) is 3.18. The van der Waals surface area contributed by atoms with Gasteiger partial charge in [-0.2, -0.15) is 0 Å². The monoisotopic (exact) mass is 239 g/mol. The van der Waals surface area contributed by atoms with Crippen LogP contribution in [0, 0.1) is 11.6 Å². The standard InChI is InChI=1S/C9H7F2N5O/c10-7-2-1-6(3-8(7)11)13-9(17)4-16-5-12-14-15-16/h1-3,5H,4H2,(H,13,17). The molecular weight excluding hydrogens is 232 g/mol. The van der Waals surface area contributed by atoms with Crippen LogP contribution in [0.15, 0.2) is 24.5 Å². The molecule has 8 heteroatoms. The molecule has 1 aromatic heterocycles. The minimum Gasteiger partial charge on any atom is -0.324 e. The largest absolute Gasteiger partial charge is 0.324 e. The molecule has 0 fully saturated rings. The number of benzene rings is 1. The number of carbonyl (C=O) groups excluding carboxylic acids is 1. The first-order chi connectivity index (χ1) is 8.15. The Morgan fingerprint density at radius 3 is 2.82 bits per heavy atom. The summed E-state index contributed by atoms with van der Waals surface area (Å²) in [6.45, 7) is -0.105. The number of nitrogens with zero attached hydrogens (tertiary/aromatic N) is 4. The van der Waals surface area contributed by atoms with Gasteiger partial charge in [0, 0.05) is 11.8 Å². The van der Waals surface area contributed by atoms with E-state index >= 15 is 0 Å². The first-order valence-corrected chi connectivity index (χ1v) is 4.61. The summed E-state index contributed by atoms with van der Waals surface area (Å²) in [6, 6.07) is 3.09. The van der Waals surface area contributed by atoms with E-state index in [1.165, 1.54) is 17.1 Å². The van der Waals surface area contributed by atoms with E-state index in [1.54, 1.807) is 0 Å². The molecule has 2 aromatic rings. The maximum absolute atomic E-state index is 12.8. The first kappa shape index (κ1) is 11.1. The molecule has 1 heterocycles. The van der Waals surface area contributed by atoms with Crippen molar-refractivity contribution in [3.05, 3.63) is 36.2 Å². The Morgan fingerprint density at radius 2 is 2.18 bits per heavy atom. The minimum atomic E-state index is -1.02. The van der Waals surface area contributed by atoms with E-state index in [4.69, 9.17) is 0 Å². The summed E-state index contributed by atoms with van der Waals surface area (Å²) in [5, 5.41) is 12.6. The fourth-order valence-electron chi connectivity index (χ4n) is 1.17. The summed E-state index contributed by atoms with van der Waals surface area (Å²) in [5.41, 5.74) is 0.168. The highest BCUT2D eigenvalue weighted by Gasteiger charge is 2.07. The molecule has 0 unspecified atom stereocenters. The molecule has 0 bridgehead atoms. The normalized spacial score (nSPS) is 10.2. The molecule has 88 valence electrons. The lowest BCUT2D eigenvalue weighted by Gasteiger charge is -2.04. The predicted molar refractivity (Wildman–Crippen MR) is 52.8 cm³/mol. The van der Waals surface area contributed by atoms with Gasteiger partial charge < -0.3 is 5.32 Å². The van der Waals surface area contributed by atoms with Gasteiger partial charge in [-0.25, -0.2) is 13.5 Å². The van der Waals surface area contributed by atoms with Gasteiger partial charge in [0.1, 0.15) is 12.9 Å². The van der Waals surface area contributed by atoms with Crippen molar-refractivity contribution < 1.29 is 13.6 Å². The zero-order chi connectivity index (χ0) is 12.3. The van der Waals surface area contributed by atoms with Gasteiger partial charge >= 0.3 is 0 Å². The molecule has 0 atom stereocenters. The summed E-state index contributed by atoms with van der Waals surface area (Å²) in [7, 11) is 0. The summed E-state index contributed by atoms with van der Waals surface area (Å²) < 4.78 is 26.7. The number of hydrogen-bond acceptors (Lipinski definition) is 4. The van der Waals surface area contributed by atoms with Crippen LogP contribution in [0.3, 0.4) is 0 Å². The van der Waals surface area contributed by atoms with E-state index in [2.05, 4.69) is 20.8 Å². The van der Waals surface area contributed by atoms with E-state index in [0.29, 0.717) is 0 Å². The molecule has 6 nitrogen and oxygen atoms in total. The lowest BCUT2D eigenvalue weighted by molar-refractivity contribution is -0.116. The van der Waals surface area contributed by atoms with Crippen molar-refractivity contribution in [2.75, 3.05) is 5.32 Å². The third-order valence-corrected chi connectivity index (χ3v) is 1.90. The topological polar surface area (TPSA) is 72.7 Å². The lowest BCUT2D eigenvalue weighted by Crippen LogP contribution is -2.19. The van der Waals surface area contributed by atoms with E-state index < -0.39 is 17.5 Å². The van der Waals surface area contributed by atoms with Gasteiger partial charge in [0.15, 0.2) is 11.6 Å². The summed E-state index contributed by atoms with van der Waals surface area (Å²) in [5.74, 6) is -2.43. The number of hydrogen-bond donors (Lipinski definition) is 1. The zero-order valence-corrected chi connectivity index (χ0v) is 8.47. The van der Waals surface area contributed by atoms with Gasteiger partial charge in [-0.1, -0.05) is 0 Å². The highest BCUT2D eigenvalue weighted by molar-refractivity contribution is 5.90. The Labute approximate surface area is 94.2 Å². The van der Waals surface area contributed by atoms with Gasteiger partial charge in [-0.3, -0.25) is 4.79 Å². The molecule has 1 N–H and O–H groups in total. The van der Waals surface area contributed by atoms with Crippen molar-refractivity contribution >= 4 is 11.6 Å². The molecule has 1 aromatic carbocycles. The highest BCUT2D eigenvalue weighted by atomic mass is 19.2. The van der Waals surface area contributed by atoms with Gasteiger partial charge in [0.25, 0.3) is 0 Å². The fraction of sp³-hybridized carbons (Fsp3) is 0.111. The van der Waals surface area contributed by atoms with E-state index in [-0.39, 0.29) is 12.2 Å². The third kappa shape index (κ3) is 2.80. The highest BCUT2D eigenvalue weighted by Crippen LogP contribution is 2.12. The maximum Gasteiger partial charge on any atom is 0.246 e. The number of tetrazole rings is 1. The summed E-state index contributed by atoms with van der Waals surface area (Å²) >= 11 is 0. The number of nitrogens with one attached hydrogen (secondary N) is 1. The second kappa shape index (κ2) is 4.64. The Hall–Kier alpha value is -2.38. The van der Waals surface area contributed by atoms with Crippen molar-refractivity contribution in [1.82, 2.24) is 20.2 Å². The molecule has 2 rings (SSSR count). The number of carbonyl (C=O) groups is 1. The fourth-order valence-corrected chi connectivity index (χ4v) is 1.17. The number of amides is 1. The average Bonchev–Trinajstić information content (AvgIpc) is 2.76. The van der Waals surface area contributed by atoms with Crippen LogP contribution in [0.25, 0.3) is 0 Å². The average molecular weight is 239 g/mol. The van der Waals surface area contributed by atoms with Crippen molar-refractivity contribution in [2.45, 2.75) is 6.54 Å². The van der Waals surface area contributed by atoms with Crippen molar-refractivity contribution in [3.8, 4) is 0 Å². The van der Waals surface area contributed by atoms with Crippen LogP contribution in [0.4, 0.5) is 14.5 Å². The van der Waals surface area contributed by atoms with Crippen LogP contribution in [0.5, 0.6) is 0 Å². The molecule has 17 heavy (non-hydrogen) atoms. The van der Waals surface area contributed by atoms with Crippen LogP contribution >= 0.6 is 0 Å². The molecule has 0 saturated carbocycles. The first-order valence-electron chi connectivity index (χ1n) is 4.61. The van der Waals surface area contributed by atoms with Crippen molar-refractivity contribution in [2.24, 2.45) is 0 Å². The molecule has 0 aliphatic heterocycles. The van der Waals surface area contributed by atoms with Gasteiger partial charge in [0.2, 0.25) is 5.91 Å². The molecule has 0 radical (unpaired) electrons. The second-order valence-electron chi connectivity index (χ2n) is 3.18. The SMILES string of the molecule is O=C(Cn1cnnn1)Nc1ccc(F)c(F)c1. The predicted octanol–water partition coefficient (Wildman–Crippen LogP) is 0.590. The molecule has 0 spiro atoms. The lowest BCUT2D eigenvalue weighted by atomic mass is 10.3. The maximum atomic E-state index is 12.8. The van der Waals surface area contributed by atoms with Crippen LogP contribution in [-0.2, 0) is 11.3 Å². The molecule has 0 aliphatic carbocycles. The minimum absolute atomic E-state index is 0.105. The smallest absolute Gasteiger partial charge is 0.246 e. The van der Waals surface area contributed by atoms with Crippen LogP contribution in [-0.4, -0.2) is 26.1 Å². The van der Waals surface area contributed by atoms with E-state index in [9.17, 15) is 13.6 Å². The van der Waals surface area contributed by atoms with E-state index in [1.807, 2.05) is 0 Å². The van der Waals surface area contributed by atoms with Gasteiger partial charge in [-0.15, -0.1) is 5.10 Å². The number of halogens is 2. The van der Waals surface area contributed by atoms with Gasteiger partial charge in [-0.05, 0) is 22.6 Å². The van der Waals surface area contributed by atoms with Crippen molar-refractivity contribution in [3.63, 3.8) is 0 Å². The van der Waals surface area contributed by atoms with Gasteiger partial charge in [0.05, 0.1) is 0 Å². The van der Waals surface area contributed by atoms with Crippen LogP contribution in [0.1, 0.15) is 0 Å². The number of rotatable bonds is 3.